The van der Waals surface area contributed by atoms with Crippen molar-refractivity contribution >= 4 is 17.6 Å². The molecule has 2 amide bonds. The second-order valence-electron chi connectivity index (χ2n) is 8.89. The van der Waals surface area contributed by atoms with Gasteiger partial charge in [0.15, 0.2) is 11.3 Å². The first-order valence-electron chi connectivity index (χ1n) is 9.88. The van der Waals surface area contributed by atoms with Gasteiger partial charge < -0.3 is 10.2 Å². The van der Waals surface area contributed by atoms with Crippen LogP contribution < -0.4 is 5.32 Å². The zero-order valence-corrected chi connectivity index (χ0v) is 16.5. The molecule has 0 bridgehead atoms. The van der Waals surface area contributed by atoms with Gasteiger partial charge >= 0.3 is 0 Å². The number of carbonyl (C=O) groups is 3. The number of nitrogens with one attached hydrogen (secondary N) is 1. The number of rotatable bonds is 2. The minimum absolute atomic E-state index is 0.0582. The summed E-state index contributed by atoms with van der Waals surface area (Å²) >= 11 is 0. The predicted molar refractivity (Wildman–Crippen MR) is 108 cm³/mol. The SMILES string of the molecule is CC1(C)CC(=O)C2=C(C1)N(Cc1ccccc1)C(=O)C21NC(=O)c2ccccc21. The van der Waals surface area contributed by atoms with E-state index in [0.29, 0.717) is 36.1 Å². The molecule has 29 heavy (non-hydrogen) atoms. The quantitative estimate of drug-likeness (QED) is 0.861. The second kappa shape index (κ2) is 5.89. The summed E-state index contributed by atoms with van der Waals surface area (Å²) in [5, 5.41) is 2.91. The van der Waals surface area contributed by atoms with Crippen LogP contribution in [0.2, 0.25) is 0 Å². The lowest BCUT2D eigenvalue weighted by molar-refractivity contribution is -0.133. The maximum Gasteiger partial charge on any atom is 0.262 e. The van der Waals surface area contributed by atoms with Crippen LogP contribution in [0.15, 0.2) is 65.9 Å². The number of nitrogens with zero attached hydrogens (tertiary/aromatic N) is 1. The monoisotopic (exact) mass is 386 g/mol. The van der Waals surface area contributed by atoms with Gasteiger partial charge in [0.25, 0.3) is 11.8 Å². The van der Waals surface area contributed by atoms with Crippen molar-refractivity contribution in [3.8, 4) is 0 Å². The molecule has 0 radical (unpaired) electrons. The number of amides is 2. The van der Waals surface area contributed by atoms with Gasteiger partial charge in [0, 0.05) is 23.2 Å². The van der Waals surface area contributed by atoms with Crippen molar-refractivity contribution in [1.29, 1.82) is 0 Å². The number of hydrogen-bond donors (Lipinski definition) is 1. The van der Waals surface area contributed by atoms with E-state index >= 15 is 0 Å². The lowest BCUT2D eigenvalue weighted by atomic mass is 9.71. The van der Waals surface area contributed by atoms with E-state index in [0.717, 1.165) is 11.3 Å². The second-order valence-corrected chi connectivity index (χ2v) is 8.89. The highest BCUT2D eigenvalue weighted by molar-refractivity contribution is 6.18. The van der Waals surface area contributed by atoms with Crippen LogP contribution in [-0.2, 0) is 21.7 Å². The van der Waals surface area contributed by atoms with Gasteiger partial charge in [0.1, 0.15) is 0 Å². The summed E-state index contributed by atoms with van der Waals surface area (Å²) < 4.78 is 0. The van der Waals surface area contributed by atoms with E-state index in [-0.39, 0.29) is 23.0 Å². The van der Waals surface area contributed by atoms with Crippen molar-refractivity contribution in [2.75, 3.05) is 0 Å². The van der Waals surface area contributed by atoms with Crippen LogP contribution in [0.5, 0.6) is 0 Å². The summed E-state index contributed by atoms with van der Waals surface area (Å²) in [6, 6.07) is 16.8. The molecule has 1 aliphatic carbocycles. The maximum absolute atomic E-state index is 13.9. The number of hydrogen-bond acceptors (Lipinski definition) is 3. The molecular weight excluding hydrogens is 364 g/mol. The van der Waals surface area contributed by atoms with E-state index < -0.39 is 5.54 Å². The normalized spacial score (nSPS) is 24.8. The summed E-state index contributed by atoms with van der Waals surface area (Å²) in [4.78, 5) is 41.7. The number of fused-ring (bicyclic) bond motifs is 3. The molecule has 5 rings (SSSR count). The standard InChI is InChI=1S/C24H22N2O3/c1-23(2)12-18-20(19(27)13-23)24(17-11-7-6-10-16(17)21(28)25-24)22(29)26(18)14-15-8-4-3-5-9-15/h3-11H,12-14H2,1-2H3,(H,25,28). The summed E-state index contributed by atoms with van der Waals surface area (Å²) in [7, 11) is 0. The molecule has 2 heterocycles. The molecule has 1 N–H and O–H groups in total. The van der Waals surface area contributed by atoms with Crippen LogP contribution in [0.25, 0.3) is 0 Å². The molecule has 0 saturated carbocycles. The molecule has 0 saturated heterocycles. The molecule has 146 valence electrons. The first-order valence-corrected chi connectivity index (χ1v) is 9.88. The highest BCUT2D eigenvalue weighted by Gasteiger charge is 2.62. The molecule has 0 fully saturated rings. The Morgan fingerprint density at radius 1 is 0.931 bits per heavy atom. The van der Waals surface area contributed by atoms with Crippen LogP contribution in [0.4, 0.5) is 0 Å². The van der Waals surface area contributed by atoms with E-state index in [1.807, 2.05) is 50.2 Å². The van der Waals surface area contributed by atoms with E-state index in [9.17, 15) is 14.4 Å². The summed E-state index contributed by atoms with van der Waals surface area (Å²) in [5.41, 5.74) is 1.61. The van der Waals surface area contributed by atoms with Gasteiger partial charge in [-0.05, 0) is 23.5 Å². The summed E-state index contributed by atoms with van der Waals surface area (Å²) in [5.74, 6) is -0.604. The average molecular weight is 386 g/mol. The molecule has 2 aromatic rings. The van der Waals surface area contributed by atoms with Gasteiger partial charge in [0.2, 0.25) is 0 Å². The Bertz CT molecular complexity index is 1100. The van der Waals surface area contributed by atoms with Gasteiger partial charge in [-0.15, -0.1) is 0 Å². The zero-order valence-electron chi connectivity index (χ0n) is 16.5. The van der Waals surface area contributed by atoms with Crippen LogP contribution in [-0.4, -0.2) is 22.5 Å². The lowest BCUT2D eigenvalue weighted by Crippen LogP contribution is -2.50. The number of carbonyl (C=O) groups excluding carboxylic acids is 3. The molecule has 2 aromatic carbocycles. The Morgan fingerprint density at radius 2 is 1.62 bits per heavy atom. The topological polar surface area (TPSA) is 66.5 Å². The van der Waals surface area contributed by atoms with E-state index in [1.54, 1.807) is 23.1 Å². The van der Waals surface area contributed by atoms with Gasteiger partial charge in [-0.3, -0.25) is 14.4 Å². The third-order valence-electron chi connectivity index (χ3n) is 6.18. The summed E-state index contributed by atoms with van der Waals surface area (Å²) in [6.45, 7) is 4.47. The van der Waals surface area contributed by atoms with E-state index in [1.165, 1.54) is 0 Å². The van der Waals surface area contributed by atoms with Crippen molar-refractivity contribution in [1.82, 2.24) is 10.2 Å². The first-order chi connectivity index (χ1) is 13.8. The molecule has 3 aliphatic rings. The van der Waals surface area contributed by atoms with Gasteiger partial charge in [-0.25, -0.2) is 0 Å². The smallest absolute Gasteiger partial charge is 0.262 e. The molecule has 5 heteroatoms. The van der Waals surface area contributed by atoms with Crippen molar-refractivity contribution in [2.24, 2.45) is 5.41 Å². The Morgan fingerprint density at radius 3 is 2.38 bits per heavy atom. The first kappa shape index (κ1) is 17.9. The largest absolute Gasteiger partial charge is 0.330 e. The van der Waals surface area contributed by atoms with Crippen molar-refractivity contribution in [3.63, 3.8) is 0 Å². The average Bonchev–Trinajstić information content (AvgIpc) is 3.10. The number of Topliss-reactive ketones (excluding diaryl/α,β-unsaturated/α-hetero) is 1. The summed E-state index contributed by atoms with van der Waals surface area (Å²) in [6.07, 6.45) is 0.977. The van der Waals surface area contributed by atoms with Crippen LogP contribution in [0, 0.1) is 5.41 Å². The van der Waals surface area contributed by atoms with Crippen LogP contribution in [0.1, 0.15) is 48.2 Å². The maximum atomic E-state index is 13.9. The number of ketones is 1. The Kier molecular flexibility index (Phi) is 3.63. The zero-order chi connectivity index (χ0) is 20.4. The fourth-order valence-corrected chi connectivity index (χ4v) is 4.99. The molecular formula is C24H22N2O3. The molecule has 1 unspecified atom stereocenters. The lowest BCUT2D eigenvalue weighted by Gasteiger charge is -2.33. The van der Waals surface area contributed by atoms with Gasteiger partial charge in [0.05, 0.1) is 12.1 Å². The molecule has 5 nitrogen and oxygen atoms in total. The Labute approximate surface area is 169 Å². The highest BCUT2D eigenvalue weighted by atomic mass is 16.2. The van der Waals surface area contributed by atoms with Crippen LogP contribution >= 0.6 is 0 Å². The van der Waals surface area contributed by atoms with Gasteiger partial charge in [-0.2, -0.15) is 0 Å². The number of allylic oxidation sites excluding steroid dienone is 1. The Balaban J connectivity index is 1.72. The van der Waals surface area contributed by atoms with Crippen molar-refractivity contribution in [2.45, 2.75) is 38.8 Å². The van der Waals surface area contributed by atoms with Crippen LogP contribution in [0.3, 0.4) is 0 Å². The highest BCUT2D eigenvalue weighted by Crippen LogP contribution is 2.52. The van der Waals surface area contributed by atoms with Crippen molar-refractivity contribution in [3.05, 3.63) is 82.6 Å². The van der Waals surface area contributed by atoms with Crippen molar-refractivity contribution < 1.29 is 14.4 Å². The fourth-order valence-electron chi connectivity index (χ4n) is 4.99. The predicted octanol–water partition coefficient (Wildman–Crippen LogP) is 3.31. The third-order valence-corrected chi connectivity index (χ3v) is 6.18. The molecule has 0 aromatic heterocycles. The van der Waals surface area contributed by atoms with E-state index in [2.05, 4.69) is 5.32 Å². The van der Waals surface area contributed by atoms with Gasteiger partial charge in [-0.1, -0.05) is 62.4 Å². The third kappa shape index (κ3) is 2.43. The molecule has 1 atom stereocenters. The number of benzene rings is 2. The minimum atomic E-state index is -1.40. The Hall–Kier alpha value is -3.21. The fraction of sp³-hybridized carbons (Fsp3) is 0.292. The minimum Gasteiger partial charge on any atom is -0.330 e. The van der Waals surface area contributed by atoms with E-state index in [4.69, 9.17) is 0 Å². The molecule has 1 spiro atoms. The molecule has 2 aliphatic heterocycles.